The Morgan fingerprint density at radius 3 is 2.62 bits per heavy atom. The molecule has 3 N–H and O–H groups in total. The Labute approximate surface area is 122 Å². The van der Waals surface area contributed by atoms with E-state index in [9.17, 15) is 14.7 Å². The van der Waals surface area contributed by atoms with Crippen LogP contribution in [0.5, 0.6) is 0 Å². The summed E-state index contributed by atoms with van der Waals surface area (Å²) in [5.74, 6) is -0.623. The number of amides is 2. The van der Waals surface area contributed by atoms with Crippen molar-refractivity contribution < 1.29 is 24.2 Å². The van der Waals surface area contributed by atoms with E-state index in [2.05, 4.69) is 5.32 Å². The molecule has 2 rings (SSSR count). The molecule has 21 heavy (non-hydrogen) atoms. The maximum atomic E-state index is 12.0. The molecule has 0 radical (unpaired) electrons. The summed E-state index contributed by atoms with van der Waals surface area (Å²) < 4.78 is 5.07. The van der Waals surface area contributed by atoms with Gasteiger partial charge in [0.1, 0.15) is 5.76 Å². The number of likely N-dealkylation sites (tertiary alicyclic amines) is 1. The van der Waals surface area contributed by atoms with Crippen LogP contribution in [-0.4, -0.2) is 46.3 Å². The van der Waals surface area contributed by atoms with Gasteiger partial charge in [-0.15, -0.1) is 0 Å². The van der Waals surface area contributed by atoms with Crippen molar-refractivity contribution in [3.8, 4) is 0 Å². The van der Waals surface area contributed by atoms with Crippen LogP contribution in [0, 0.1) is 5.92 Å². The molecule has 7 nitrogen and oxygen atoms in total. The first kappa shape index (κ1) is 15.4. The molecule has 2 heterocycles. The average Bonchev–Trinajstić information content (AvgIpc) is 2.94. The number of carboxylic acid groups (broad SMARTS) is 1. The van der Waals surface area contributed by atoms with Gasteiger partial charge in [0.25, 0.3) is 0 Å². The summed E-state index contributed by atoms with van der Waals surface area (Å²) >= 11 is 0. The molecule has 1 saturated heterocycles. The van der Waals surface area contributed by atoms with Crippen LogP contribution >= 0.6 is 0 Å². The molecule has 1 aliphatic rings. The number of aromatic carboxylic acids is 1. The number of carboxylic acids is 1. The van der Waals surface area contributed by atoms with Gasteiger partial charge in [0.2, 0.25) is 5.76 Å². The molecule has 0 bridgehead atoms. The molecule has 1 atom stereocenters. The van der Waals surface area contributed by atoms with Gasteiger partial charge in [-0.1, -0.05) is 0 Å². The molecule has 0 saturated carbocycles. The molecule has 1 aromatic heterocycles. The van der Waals surface area contributed by atoms with Gasteiger partial charge in [0, 0.05) is 13.1 Å². The molecule has 7 heteroatoms. The van der Waals surface area contributed by atoms with Crippen molar-refractivity contribution in [1.82, 2.24) is 10.2 Å². The minimum absolute atomic E-state index is 0.142. The van der Waals surface area contributed by atoms with Crippen LogP contribution in [0.1, 0.15) is 36.1 Å². The number of carbonyl (C=O) groups is 2. The van der Waals surface area contributed by atoms with E-state index >= 15 is 0 Å². The topological polar surface area (TPSA) is 103 Å². The normalized spacial score (nSPS) is 17.5. The largest absolute Gasteiger partial charge is 0.475 e. The summed E-state index contributed by atoms with van der Waals surface area (Å²) in [5, 5.41) is 21.0. The van der Waals surface area contributed by atoms with E-state index in [-0.39, 0.29) is 30.4 Å². The number of rotatable bonds is 4. The lowest BCUT2D eigenvalue weighted by atomic mass is 9.92. The number of aliphatic hydroxyl groups excluding tert-OH is 1. The lowest BCUT2D eigenvalue weighted by Crippen LogP contribution is -2.45. The van der Waals surface area contributed by atoms with Gasteiger partial charge in [0.15, 0.2) is 0 Å². The Kier molecular flexibility index (Phi) is 4.85. The van der Waals surface area contributed by atoms with Gasteiger partial charge in [-0.2, -0.15) is 0 Å². The average molecular weight is 296 g/mol. The molecule has 0 aliphatic carbocycles. The van der Waals surface area contributed by atoms with Crippen molar-refractivity contribution in [1.29, 1.82) is 0 Å². The number of urea groups is 1. The second kappa shape index (κ2) is 6.62. The Morgan fingerprint density at radius 1 is 1.43 bits per heavy atom. The number of carbonyl (C=O) groups excluding carboxylic acids is 1. The summed E-state index contributed by atoms with van der Waals surface area (Å²) in [6.07, 6.45) is 1.23. The number of hydrogen-bond acceptors (Lipinski definition) is 4. The summed E-state index contributed by atoms with van der Waals surface area (Å²) in [5.41, 5.74) is 0. The van der Waals surface area contributed by atoms with Gasteiger partial charge in [-0.25, -0.2) is 9.59 Å². The predicted octanol–water partition coefficient (Wildman–Crippen LogP) is 1.28. The van der Waals surface area contributed by atoms with Crippen LogP contribution in [0.3, 0.4) is 0 Å². The standard InChI is InChI=1S/C14H20N2O5/c1-9(17)10-4-6-16(7-5-10)14(20)15-8-11-2-3-12(21-11)13(18)19/h2-3,9-10,17H,4-8H2,1H3,(H,15,20)(H,18,19). The third-order valence-corrected chi connectivity index (χ3v) is 3.80. The van der Waals surface area contributed by atoms with Gasteiger partial charge in [-0.05, 0) is 37.8 Å². The van der Waals surface area contributed by atoms with Crippen LogP contribution in [0.25, 0.3) is 0 Å². The number of nitrogens with zero attached hydrogens (tertiary/aromatic N) is 1. The van der Waals surface area contributed by atoms with Gasteiger partial charge in [0.05, 0.1) is 12.6 Å². The molecule has 1 aliphatic heterocycles. The van der Waals surface area contributed by atoms with Crippen molar-refractivity contribution in [3.05, 3.63) is 23.7 Å². The van der Waals surface area contributed by atoms with Crippen LogP contribution in [-0.2, 0) is 6.54 Å². The SMILES string of the molecule is CC(O)C1CCN(C(=O)NCc2ccc(C(=O)O)o2)CC1. The monoisotopic (exact) mass is 296 g/mol. The summed E-state index contributed by atoms with van der Waals surface area (Å²) in [6.45, 7) is 3.15. The lowest BCUT2D eigenvalue weighted by Gasteiger charge is -2.33. The molecule has 1 aromatic rings. The highest BCUT2D eigenvalue weighted by Gasteiger charge is 2.25. The Morgan fingerprint density at radius 2 is 2.10 bits per heavy atom. The third kappa shape index (κ3) is 3.98. The molecular weight excluding hydrogens is 276 g/mol. The first-order valence-corrected chi connectivity index (χ1v) is 7.00. The van der Waals surface area contributed by atoms with Crippen molar-refractivity contribution in [3.63, 3.8) is 0 Å². The fourth-order valence-electron chi connectivity index (χ4n) is 2.45. The zero-order valence-corrected chi connectivity index (χ0v) is 11.9. The molecule has 2 amide bonds. The summed E-state index contributed by atoms with van der Waals surface area (Å²) in [7, 11) is 0. The highest BCUT2D eigenvalue weighted by atomic mass is 16.4. The Hall–Kier alpha value is -2.02. The highest BCUT2D eigenvalue weighted by molar-refractivity contribution is 5.84. The van der Waals surface area contributed by atoms with Gasteiger partial charge < -0.3 is 24.8 Å². The van der Waals surface area contributed by atoms with Crippen LogP contribution in [0.15, 0.2) is 16.5 Å². The van der Waals surface area contributed by atoms with Crippen molar-refractivity contribution in [2.24, 2.45) is 5.92 Å². The maximum absolute atomic E-state index is 12.0. The van der Waals surface area contributed by atoms with Gasteiger partial charge in [-0.3, -0.25) is 0 Å². The van der Waals surface area contributed by atoms with E-state index in [0.717, 1.165) is 12.8 Å². The van der Waals surface area contributed by atoms with E-state index in [0.29, 0.717) is 18.8 Å². The molecule has 0 aromatic carbocycles. The minimum atomic E-state index is -1.13. The Balaban J connectivity index is 1.78. The quantitative estimate of drug-likeness (QED) is 0.776. The second-order valence-electron chi connectivity index (χ2n) is 5.29. The number of furan rings is 1. The zero-order valence-electron chi connectivity index (χ0n) is 11.9. The summed E-state index contributed by atoms with van der Waals surface area (Å²) in [6, 6.07) is 2.69. The number of hydrogen-bond donors (Lipinski definition) is 3. The van der Waals surface area contributed by atoms with Gasteiger partial charge >= 0.3 is 12.0 Å². The van der Waals surface area contributed by atoms with Crippen LogP contribution < -0.4 is 5.32 Å². The fourth-order valence-corrected chi connectivity index (χ4v) is 2.45. The van der Waals surface area contributed by atoms with E-state index in [4.69, 9.17) is 9.52 Å². The second-order valence-corrected chi connectivity index (χ2v) is 5.29. The predicted molar refractivity (Wildman–Crippen MR) is 73.9 cm³/mol. The third-order valence-electron chi connectivity index (χ3n) is 3.80. The number of piperidine rings is 1. The first-order valence-electron chi connectivity index (χ1n) is 7.00. The highest BCUT2D eigenvalue weighted by Crippen LogP contribution is 2.20. The van der Waals surface area contributed by atoms with Crippen LogP contribution in [0.2, 0.25) is 0 Å². The van der Waals surface area contributed by atoms with E-state index < -0.39 is 5.97 Å². The lowest BCUT2D eigenvalue weighted by molar-refractivity contribution is 0.0660. The zero-order chi connectivity index (χ0) is 15.4. The molecule has 116 valence electrons. The maximum Gasteiger partial charge on any atom is 0.371 e. The molecule has 1 unspecified atom stereocenters. The van der Waals surface area contributed by atoms with Crippen molar-refractivity contribution in [2.45, 2.75) is 32.4 Å². The smallest absolute Gasteiger partial charge is 0.371 e. The summed E-state index contributed by atoms with van der Waals surface area (Å²) in [4.78, 5) is 24.4. The molecule has 0 spiro atoms. The fraction of sp³-hybridized carbons (Fsp3) is 0.571. The number of nitrogens with one attached hydrogen (secondary N) is 1. The van der Waals surface area contributed by atoms with E-state index in [1.165, 1.54) is 12.1 Å². The number of aliphatic hydroxyl groups is 1. The molecule has 1 fully saturated rings. The Bertz CT molecular complexity index is 503. The van der Waals surface area contributed by atoms with Crippen LogP contribution in [0.4, 0.5) is 4.79 Å². The van der Waals surface area contributed by atoms with E-state index in [1.54, 1.807) is 11.8 Å². The van der Waals surface area contributed by atoms with E-state index in [1.807, 2.05) is 0 Å². The first-order chi connectivity index (χ1) is 9.97. The van der Waals surface area contributed by atoms with Crippen molar-refractivity contribution in [2.75, 3.05) is 13.1 Å². The molecular formula is C14H20N2O5. The minimum Gasteiger partial charge on any atom is -0.475 e. The van der Waals surface area contributed by atoms with Crippen molar-refractivity contribution >= 4 is 12.0 Å².